The number of nitrogens with two attached hydrogens (primary N) is 1. The fourth-order valence-electron chi connectivity index (χ4n) is 1.35. The Hall–Kier alpha value is -0.160. The van der Waals surface area contributed by atoms with E-state index in [2.05, 4.69) is 15.8 Å². The van der Waals surface area contributed by atoms with Crippen molar-refractivity contribution in [2.45, 2.75) is 25.0 Å². The van der Waals surface area contributed by atoms with Gasteiger partial charge in [-0.25, -0.2) is 10.4 Å². The maximum atomic E-state index is 5.37. The molecule has 4 N–H and O–H groups in total. The smallest absolute Gasteiger partial charge is 0.105 e. The van der Waals surface area contributed by atoms with E-state index in [0.717, 1.165) is 38.3 Å². The third-order valence-electron chi connectivity index (χ3n) is 2.31. The van der Waals surface area contributed by atoms with Gasteiger partial charge in [0.15, 0.2) is 0 Å². The highest BCUT2D eigenvalue weighted by Crippen LogP contribution is 2.35. The Morgan fingerprint density at radius 2 is 2.27 bits per heavy atom. The van der Waals surface area contributed by atoms with Crippen molar-refractivity contribution in [3.8, 4) is 0 Å². The van der Waals surface area contributed by atoms with Gasteiger partial charge in [0, 0.05) is 6.54 Å². The van der Waals surface area contributed by atoms with E-state index < -0.39 is 0 Å². The van der Waals surface area contributed by atoms with Crippen LogP contribution in [0.25, 0.3) is 0 Å². The van der Waals surface area contributed by atoms with Gasteiger partial charge < -0.3 is 11.1 Å². The lowest BCUT2D eigenvalue weighted by atomic mass is 10.3. The second-order valence-electron chi connectivity index (χ2n) is 3.25. The SMILES string of the molecule is NCCCCNC[C@@H]1[C@H]2NN12. The second kappa shape index (κ2) is 3.06. The third kappa shape index (κ3) is 1.70. The molecule has 0 saturated carbocycles. The van der Waals surface area contributed by atoms with Crippen LogP contribution < -0.4 is 16.5 Å². The Labute approximate surface area is 67.1 Å². The Kier molecular flexibility index (Phi) is 2.09. The van der Waals surface area contributed by atoms with Crippen molar-refractivity contribution in [2.75, 3.05) is 19.6 Å². The van der Waals surface area contributed by atoms with Crippen molar-refractivity contribution in [1.82, 2.24) is 15.8 Å². The molecule has 4 heteroatoms. The first-order valence-corrected chi connectivity index (χ1v) is 4.39. The minimum absolute atomic E-state index is 0.733. The van der Waals surface area contributed by atoms with Crippen molar-refractivity contribution >= 4 is 0 Å². The predicted octanol–water partition coefficient (Wildman–Crippen LogP) is -1.16. The topological polar surface area (TPSA) is 63.0 Å². The maximum Gasteiger partial charge on any atom is 0.105 e. The lowest BCUT2D eigenvalue weighted by molar-refractivity contribution is 0.488. The quantitative estimate of drug-likeness (QED) is 0.335. The van der Waals surface area contributed by atoms with E-state index in [4.69, 9.17) is 5.73 Å². The predicted molar refractivity (Wildman–Crippen MR) is 43.7 cm³/mol. The number of hydrazine groups is 1. The molecule has 1 unspecified atom stereocenters. The summed E-state index contributed by atoms with van der Waals surface area (Å²) in [5.41, 5.74) is 8.54. The normalized spacial score (nSPS) is 38.5. The fraction of sp³-hybridized carbons (Fsp3) is 1.00. The van der Waals surface area contributed by atoms with Crippen molar-refractivity contribution in [3.63, 3.8) is 0 Å². The molecule has 0 aromatic carbocycles. The van der Waals surface area contributed by atoms with E-state index in [0.29, 0.717) is 0 Å². The molecule has 0 aromatic heterocycles. The largest absolute Gasteiger partial charge is 0.330 e. The third-order valence-corrected chi connectivity index (χ3v) is 2.31. The zero-order valence-corrected chi connectivity index (χ0v) is 6.71. The first-order valence-electron chi connectivity index (χ1n) is 4.39. The molecule has 0 amide bonds. The molecule has 4 nitrogen and oxygen atoms in total. The lowest BCUT2D eigenvalue weighted by Crippen LogP contribution is -2.30. The summed E-state index contributed by atoms with van der Waals surface area (Å²) in [6.45, 7) is 3.08. The summed E-state index contributed by atoms with van der Waals surface area (Å²) >= 11 is 0. The highest BCUT2D eigenvalue weighted by molar-refractivity contribution is 5.10. The van der Waals surface area contributed by atoms with E-state index in [1.165, 1.54) is 6.42 Å². The number of nitrogens with one attached hydrogen (secondary N) is 2. The standard InChI is InChI=1S/C7H16N4/c8-3-1-2-4-9-5-6-7-10-11(6)7/h6-7,9-10H,1-5,8H2/t6-,7+,11?/m1/s1. The molecular weight excluding hydrogens is 140 g/mol. The minimum atomic E-state index is 0.733. The Balaban J connectivity index is 1.37. The number of fused-ring (bicyclic) bond motifs is 1. The van der Waals surface area contributed by atoms with Gasteiger partial charge >= 0.3 is 0 Å². The van der Waals surface area contributed by atoms with Gasteiger partial charge in [0.05, 0.1) is 6.04 Å². The first kappa shape index (κ1) is 7.49. The Morgan fingerprint density at radius 1 is 1.45 bits per heavy atom. The molecule has 2 saturated heterocycles. The van der Waals surface area contributed by atoms with Gasteiger partial charge in [-0.2, -0.15) is 0 Å². The maximum absolute atomic E-state index is 5.37. The van der Waals surface area contributed by atoms with Crippen molar-refractivity contribution in [2.24, 2.45) is 5.73 Å². The summed E-state index contributed by atoms with van der Waals surface area (Å²) < 4.78 is 0. The molecule has 2 aliphatic heterocycles. The van der Waals surface area contributed by atoms with Gasteiger partial charge in [0.2, 0.25) is 0 Å². The Morgan fingerprint density at radius 3 is 2.82 bits per heavy atom. The van der Waals surface area contributed by atoms with Crippen LogP contribution in [-0.2, 0) is 0 Å². The zero-order valence-electron chi connectivity index (χ0n) is 6.71. The number of hydrogen-bond acceptors (Lipinski definition) is 4. The van der Waals surface area contributed by atoms with Crippen LogP contribution in [0.4, 0.5) is 0 Å². The molecule has 0 aromatic rings. The molecule has 2 rings (SSSR count). The van der Waals surface area contributed by atoms with Crippen molar-refractivity contribution in [3.05, 3.63) is 0 Å². The Bertz CT molecular complexity index is 130. The van der Waals surface area contributed by atoms with E-state index in [-0.39, 0.29) is 0 Å². The van der Waals surface area contributed by atoms with Gasteiger partial charge in [0.1, 0.15) is 6.17 Å². The van der Waals surface area contributed by atoms with Crippen molar-refractivity contribution < 1.29 is 0 Å². The van der Waals surface area contributed by atoms with Crippen LogP contribution in [0, 0.1) is 0 Å². The number of hydrogen-bond donors (Lipinski definition) is 3. The van der Waals surface area contributed by atoms with Gasteiger partial charge in [-0.15, -0.1) is 0 Å². The zero-order chi connectivity index (χ0) is 7.68. The highest BCUT2D eigenvalue weighted by atomic mass is 15.9. The van der Waals surface area contributed by atoms with E-state index in [1.54, 1.807) is 0 Å². The summed E-state index contributed by atoms with van der Waals surface area (Å²) in [6, 6.07) is 0.799. The molecule has 0 radical (unpaired) electrons. The van der Waals surface area contributed by atoms with Crippen LogP contribution in [0.2, 0.25) is 0 Å². The molecule has 3 atom stereocenters. The first-order chi connectivity index (χ1) is 5.43. The summed E-state index contributed by atoms with van der Waals surface area (Å²) in [4.78, 5) is 0. The van der Waals surface area contributed by atoms with Crippen LogP contribution in [-0.4, -0.2) is 36.9 Å². The fourth-order valence-corrected chi connectivity index (χ4v) is 1.35. The summed E-state index contributed by atoms with van der Waals surface area (Å²) in [5, 5.41) is 5.67. The summed E-state index contributed by atoms with van der Waals surface area (Å²) in [7, 11) is 0. The monoisotopic (exact) mass is 156 g/mol. The van der Waals surface area contributed by atoms with Crippen LogP contribution in [0.3, 0.4) is 0 Å². The molecule has 0 aliphatic carbocycles. The van der Waals surface area contributed by atoms with Crippen LogP contribution in [0.15, 0.2) is 0 Å². The molecular formula is C7H16N4. The number of nitrogens with zero attached hydrogens (tertiary/aromatic N) is 1. The molecule has 64 valence electrons. The van der Waals surface area contributed by atoms with Gasteiger partial charge in [0.25, 0.3) is 0 Å². The van der Waals surface area contributed by atoms with E-state index >= 15 is 0 Å². The number of rotatable bonds is 6. The van der Waals surface area contributed by atoms with Crippen LogP contribution in [0.5, 0.6) is 0 Å². The highest BCUT2D eigenvalue weighted by Gasteiger charge is 2.61. The van der Waals surface area contributed by atoms with Crippen LogP contribution >= 0.6 is 0 Å². The average molecular weight is 156 g/mol. The molecule has 2 heterocycles. The molecule has 0 spiro atoms. The van der Waals surface area contributed by atoms with Gasteiger partial charge in [-0.3, -0.25) is 0 Å². The molecule has 11 heavy (non-hydrogen) atoms. The number of unbranched alkanes of at least 4 members (excludes halogenated alkanes) is 1. The summed E-state index contributed by atoms with van der Waals surface area (Å²) in [6.07, 6.45) is 3.08. The average Bonchev–Trinajstić information content (AvgIpc) is 2.83. The van der Waals surface area contributed by atoms with Crippen molar-refractivity contribution in [1.29, 1.82) is 0 Å². The molecule has 2 fully saturated rings. The second-order valence-corrected chi connectivity index (χ2v) is 3.25. The van der Waals surface area contributed by atoms with Crippen LogP contribution in [0.1, 0.15) is 12.8 Å². The lowest BCUT2D eigenvalue weighted by Gasteiger charge is -2.04. The van der Waals surface area contributed by atoms with Gasteiger partial charge in [-0.1, -0.05) is 0 Å². The van der Waals surface area contributed by atoms with Gasteiger partial charge in [-0.05, 0) is 25.9 Å². The van der Waals surface area contributed by atoms with E-state index in [1.807, 2.05) is 0 Å². The molecule has 2 aliphatic rings. The minimum Gasteiger partial charge on any atom is -0.330 e. The molecule has 0 bridgehead atoms. The van der Waals surface area contributed by atoms with E-state index in [9.17, 15) is 0 Å². The summed E-state index contributed by atoms with van der Waals surface area (Å²) in [5.74, 6) is 0.